The predicted octanol–water partition coefficient (Wildman–Crippen LogP) is 3.35. The maximum Gasteiger partial charge on any atom is 0.266 e. The van der Waals surface area contributed by atoms with E-state index in [4.69, 9.17) is 23.2 Å². The molecule has 0 fully saturated rings. The lowest BCUT2D eigenvalue weighted by Gasteiger charge is -2.11. The Kier molecular flexibility index (Phi) is 3.33. The summed E-state index contributed by atoms with van der Waals surface area (Å²) in [5.41, 5.74) is 1.58. The molecular formula is C16H11Cl2N5O. The smallest absolute Gasteiger partial charge is 0.266 e. The van der Waals surface area contributed by atoms with Crippen molar-refractivity contribution in [3.63, 3.8) is 0 Å². The van der Waals surface area contributed by atoms with Crippen molar-refractivity contribution in [2.45, 2.75) is 13.8 Å². The number of hydrogen-bond acceptors (Lipinski definition) is 4. The van der Waals surface area contributed by atoms with Gasteiger partial charge in [0.1, 0.15) is 5.82 Å². The molecule has 0 aliphatic heterocycles. The Balaban J connectivity index is 2.10. The Morgan fingerprint density at radius 3 is 2.62 bits per heavy atom. The Labute approximate surface area is 146 Å². The van der Waals surface area contributed by atoms with E-state index in [9.17, 15) is 4.79 Å². The van der Waals surface area contributed by atoms with Gasteiger partial charge in [-0.3, -0.25) is 9.36 Å². The van der Waals surface area contributed by atoms with E-state index >= 15 is 0 Å². The normalized spacial score (nSPS) is 11.5. The molecule has 8 heteroatoms. The molecular weight excluding hydrogens is 349 g/mol. The molecule has 0 aliphatic rings. The molecule has 0 saturated carbocycles. The zero-order valence-corrected chi connectivity index (χ0v) is 14.3. The SMILES string of the molecule is Cc1nc2nc(C)c3c(=O)n(-c4ccc(Cl)cc4Cl)ccc3n2n1. The van der Waals surface area contributed by atoms with E-state index in [0.29, 0.717) is 43.9 Å². The topological polar surface area (TPSA) is 65.1 Å². The van der Waals surface area contributed by atoms with Crippen molar-refractivity contribution in [1.29, 1.82) is 0 Å². The highest BCUT2D eigenvalue weighted by molar-refractivity contribution is 6.35. The van der Waals surface area contributed by atoms with Crippen molar-refractivity contribution in [2.75, 3.05) is 0 Å². The van der Waals surface area contributed by atoms with Crippen LogP contribution in [0.5, 0.6) is 0 Å². The van der Waals surface area contributed by atoms with Gasteiger partial charge < -0.3 is 0 Å². The molecule has 120 valence electrons. The second kappa shape index (κ2) is 5.29. The number of rotatable bonds is 1. The van der Waals surface area contributed by atoms with Gasteiger partial charge in [-0.05, 0) is 38.1 Å². The lowest BCUT2D eigenvalue weighted by atomic mass is 10.2. The lowest BCUT2D eigenvalue weighted by Crippen LogP contribution is -2.20. The van der Waals surface area contributed by atoms with E-state index in [0.717, 1.165) is 0 Å². The molecule has 0 radical (unpaired) electrons. The van der Waals surface area contributed by atoms with Crippen molar-refractivity contribution in [1.82, 2.24) is 24.1 Å². The number of pyridine rings is 1. The number of benzene rings is 1. The summed E-state index contributed by atoms with van der Waals surface area (Å²) < 4.78 is 3.05. The minimum Gasteiger partial charge on any atom is -0.282 e. The van der Waals surface area contributed by atoms with Crippen LogP contribution in [0.4, 0.5) is 0 Å². The summed E-state index contributed by atoms with van der Waals surface area (Å²) in [6.07, 6.45) is 1.66. The maximum absolute atomic E-state index is 13.0. The van der Waals surface area contributed by atoms with Gasteiger partial charge in [0.05, 0.1) is 27.3 Å². The third-order valence-electron chi connectivity index (χ3n) is 3.79. The first kappa shape index (κ1) is 15.1. The average Bonchev–Trinajstić information content (AvgIpc) is 2.88. The maximum atomic E-state index is 13.0. The van der Waals surface area contributed by atoms with Gasteiger partial charge in [-0.15, -0.1) is 5.10 Å². The molecule has 0 amide bonds. The third kappa shape index (κ3) is 2.18. The standard InChI is InChI=1S/C16H11Cl2N5O/c1-8-14-13(23-16(19-8)20-9(2)21-23)5-6-22(15(14)24)12-4-3-10(17)7-11(12)18/h3-7H,1-2H3. The van der Waals surface area contributed by atoms with E-state index < -0.39 is 0 Å². The zero-order valence-electron chi connectivity index (χ0n) is 12.8. The van der Waals surface area contributed by atoms with Crippen LogP contribution < -0.4 is 5.56 Å². The number of nitrogens with zero attached hydrogens (tertiary/aromatic N) is 5. The van der Waals surface area contributed by atoms with Crippen LogP contribution in [-0.2, 0) is 0 Å². The van der Waals surface area contributed by atoms with Gasteiger partial charge in [0, 0.05) is 11.2 Å². The van der Waals surface area contributed by atoms with Gasteiger partial charge >= 0.3 is 0 Å². The summed E-state index contributed by atoms with van der Waals surface area (Å²) in [4.78, 5) is 21.6. The highest BCUT2D eigenvalue weighted by atomic mass is 35.5. The van der Waals surface area contributed by atoms with Gasteiger partial charge in [-0.25, -0.2) is 4.98 Å². The minimum absolute atomic E-state index is 0.225. The van der Waals surface area contributed by atoms with Gasteiger partial charge in [-0.1, -0.05) is 23.2 Å². The largest absolute Gasteiger partial charge is 0.282 e. The van der Waals surface area contributed by atoms with Crippen LogP contribution >= 0.6 is 23.2 Å². The fraction of sp³-hybridized carbons (Fsp3) is 0.125. The molecule has 0 unspecified atom stereocenters. The summed E-state index contributed by atoms with van der Waals surface area (Å²) in [6.45, 7) is 3.56. The number of hydrogen-bond donors (Lipinski definition) is 0. The van der Waals surface area contributed by atoms with Crippen LogP contribution in [0.15, 0.2) is 35.3 Å². The molecule has 3 heterocycles. The number of fused-ring (bicyclic) bond motifs is 3. The molecule has 0 atom stereocenters. The first-order valence-electron chi connectivity index (χ1n) is 7.16. The molecule has 0 N–H and O–H groups in total. The molecule has 0 aliphatic carbocycles. The van der Waals surface area contributed by atoms with Crippen LogP contribution in [0.3, 0.4) is 0 Å². The molecule has 1 aromatic carbocycles. The Morgan fingerprint density at radius 1 is 1.08 bits per heavy atom. The second-order valence-electron chi connectivity index (χ2n) is 5.41. The zero-order chi connectivity index (χ0) is 17.0. The van der Waals surface area contributed by atoms with Crippen molar-refractivity contribution >= 4 is 39.9 Å². The number of aryl methyl sites for hydroxylation is 2. The second-order valence-corrected chi connectivity index (χ2v) is 6.26. The first-order chi connectivity index (χ1) is 11.5. The number of halogens is 2. The monoisotopic (exact) mass is 359 g/mol. The van der Waals surface area contributed by atoms with Gasteiger partial charge in [-0.2, -0.15) is 9.50 Å². The predicted molar refractivity (Wildman–Crippen MR) is 93.4 cm³/mol. The Bertz CT molecular complexity index is 1180. The van der Waals surface area contributed by atoms with Crippen LogP contribution in [0.25, 0.3) is 22.4 Å². The fourth-order valence-corrected chi connectivity index (χ4v) is 3.25. The molecule has 4 aromatic rings. The fourth-order valence-electron chi connectivity index (χ4n) is 2.75. The summed E-state index contributed by atoms with van der Waals surface area (Å²) in [6, 6.07) is 6.80. The van der Waals surface area contributed by atoms with Crippen molar-refractivity contribution < 1.29 is 0 Å². The van der Waals surface area contributed by atoms with Crippen LogP contribution in [-0.4, -0.2) is 24.1 Å². The van der Waals surface area contributed by atoms with Gasteiger partial charge in [0.2, 0.25) is 0 Å². The molecule has 0 bridgehead atoms. The molecule has 3 aromatic heterocycles. The Hall–Kier alpha value is -2.44. The van der Waals surface area contributed by atoms with Crippen LogP contribution in [0, 0.1) is 13.8 Å². The highest BCUT2D eigenvalue weighted by Crippen LogP contribution is 2.24. The summed E-state index contributed by atoms with van der Waals surface area (Å²) in [5.74, 6) is 1.07. The lowest BCUT2D eigenvalue weighted by molar-refractivity contribution is 0.933. The average molecular weight is 360 g/mol. The quantitative estimate of drug-likeness (QED) is 0.522. The molecule has 0 saturated heterocycles. The van der Waals surface area contributed by atoms with Crippen LogP contribution in [0.2, 0.25) is 10.0 Å². The number of aromatic nitrogens is 5. The summed E-state index contributed by atoms with van der Waals surface area (Å²) >= 11 is 12.2. The van der Waals surface area contributed by atoms with E-state index in [2.05, 4.69) is 15.1 Å². The molecule has 0 spiro atoms. The first-order valence-corrected chi connectivity index (χ1v) is 7.92. The molecule has 4 rings (SSSR count). The van der Waals surface area contributed by atoms with Gasteiger partial charge in [0.25, 0.3) is 11.3 Å². The highest BCUT2D eigenvalue weighted by Gasteiger charge is 2.15. The Morgan fingerprint density at radius 2 is 1.88 bits per heavy atom. The molecule has 24 heavy (non-hydrogen) atoms. The summed E-state index contributed by atoms with van der Waals surface area (Å²) in [7, 11) is 0. The van der Waals surface area contributed by atoms with Crippen molar-refractivity contribution in [2.24, 2.45) is 0 Å². The van der Waals surface area contributed by atoms with Crippen molar-refractivity contribution in [3.8, 4) is 5.69 Å². The third-order valence-corrected chi connectivity index (χ3v) is 4.33. The molecule has 6 nitrogen and oxygen atoms in total. The van der Waals surface area contributed by atoms with E-state index in [1.54, 1.807) is 48.8 Å². The van der Waals surface area contributed by atoms with E-state index in [1.807, 2.05) is 0 Å². The minimum atomic E-state index is -0.225. The van der Waals surface area contributed by atoms with Crippen molar-refractivity contribution in [3.05, 3.63) is 62.4 Å². The summed E-state index contributed by atoms with van der Waals surface area (Å²) in [5, 5.41) is 5.68. The van der Waals surface area contributed by atoms with E-state index in [-0.39, 0.29) is 5.56 Å². The van der Waals surface area contributed by atoms with E-state index in [1.165, 1.54) is 4.57 Å². The van der Waals surface area contributed by atoms with Gasteiger partial charge in [0.15, 0.2) is 0 Å². The van der Waals surface area contributed by atoms with Crippen LogP contribution in [0.1, 0.15) is 11.5 Å².